The molecule has 11 aromatic rings. The van der Waals surface area contributed by atoms with Crippen LogP contribution in [-0.2, 0) is 0 Å². The van der Waals surface area contributed by atoms with Crippen molar-refractivity contribution >= 4 is 71.6 Å². The topological polar surface area (TPSA) is 21.3 Å². The highest BCUT2D eigenvalue weighted by Crippen LogP contribution is 2.46. The normalized spacial score (nSPS) is 11.6. The van der Waals surface area contributed by atoms with Crippen molar-refractivity contribution in [1.82, 2.24) is 4.57 Å². The van der Waals surface area contributed by atoms with Crippen molar-refractivity contribution in [2.24, 2.45) is 0 Å². The Bertz CT molecular complexity index is 3170. The minimum absolute atomic E-state index is 0.886. The third-order valence-electron chi connectivity index (χ3n) is 11.0. The Morgan fingerprint density at radius 1 is 0.382 bits per heavy atom. The molecule has 0 fully saturated rings. The summed E-state index contributed by atoms with van der Waals surface area (Å²) >= 11 is 0. The zero-order valence-electron chi connectivity index (χ0n) is 29.9. The van der Waals surface area contributed by atoms with E-state index in [1.54, 1.807) is 0 Å². The van der Waals surface area contributed by atoms with E-state index >= 15 is 0 Å². The fraction of sp³-hybridized carbons (Fsp3) is 0. The number of furan rings is 1. The Balaban J connectivity index is 1.09. The Kier molecular flexibility index (Phi) is 7.17. The molecule has 0 aliphatic carbocycles. The zero-order valence-corrected chi connectivity index (χ0v) is 29.9. The van der Waals surface area contributed by atoms with Gasteiger partial charge in [-0.05, 0) is 82.6 Å². The number of rotatable bonds is 6. The highest BCUT2D eigenvalue weighted by atomic mass is 16.3. The lowest BCUT2D eigenvalue weighted by atomic mass is 9.96. The first-order chi connectivity index (χ1) is 27.3. The van der Waals surface area contributed by atoms with E-state index in [1.165, 1.54) is 38.1 Å². The SMILES string of the molecule is c1ccc(N(c2ccc(-c3ccccc3-n3c4ccccc4c4ccccc43)cc2)c2ccc3ccccc3c2)c(-c2cccc3oc4ccccc4c23)c1. The van der Waals surface area contributed by atoms with E-state index < -0.39 is 0 Å². The molecule has 0 unspecified atom stereocenters. The highest BCUT2D eigenvalue weighted by molar-refractivity contribution is 6.14. The third-order valence-corrected chi connectivity index (χ3v) is 11.0. The van der Waals surface area contributed by atoms with Crippen LogP contribution in [0.4, 0.5) is 17.1 Å². The van der Waals surface area contributed by atoms with Crippen molar-refractivity contribution in [2.45, 2.75) is 0 Å². The Morgan fingerprint density at radius 2 is 0.964 bits per heavy atom. The maximum atomic E-state index is 6.36. The van der Waals surface area contributed by atoms with E-state index in [0.29, 0.717) is 0 Å². The summed E-state index contributed by atoms with van der Waals surface area (Å²) in [6.45, 7) is 0. The summed E-state index contributed by atoms with van der Waals surface area (Å²) < 4.78 is 8.76. The van der Waals surface area contributed by atoms with Crippen LogP contribution in [0.25, 0.3) is 82.5 Å². The van der Waals surface area contributed by atoms with Crippen LogP contribution in [0.5, 0.6) is 0 Å². The van der Waals surface area contributed by atoms with Crippen molar-refractivity contribution < 1.29 is 4.42 Å². The first-order valence-corrected chi connectivity index (χ1v) is 18.8. The molecule has 0 radical (unpaired) electrons. The van der Waals surface area contributed by atoms with Crippen LogP contribution in [0.15, 0.2) is 211 Å². The van der Waals surface area contributed by atoms with Gasteiger partial charge in [-0.2, -0.15) is 0 Å². The quantitative estimate of drug-likeness (QED) is 0.172. The van der Waals surface area contributed by atoms with Gasteiger partial charge in [0.2, 0.25) is 0 Å². The largest absolute Gasteiger partial charge is 0.456 e. The molecule has 9 aromatic carbocycles. The molecule has 0 bridgehead atoms. The first kappa shape index (κ1) is 31.2. The summed E-state index contributed by atoms with van der Waals surface area (Å²) in [4.78, 5) is 2.39. The van der Waals surface area contributed by atoms with Crippen LogP contribution in [-0.4, -0.2) is 4.57 Å². The lowest BCUT2D eigenvalue weighted by Gasteiger charge is -2.28. The first-order valence-electron chi connectivity index (χ1n) is 18.8. The van der Waals surface area contributed by atoms with Crippen LogP contribution < -0.4 is 4.90 Å². The molecule has 2 heterocycles. The van der Waals surface area contributed by atoms with Crippen molar-refractivity contribution in [3.63, 3.8) is 0 Å². The molecule has 0 N–H and O–H groups in total. The third kappa shape index (κ3) is 5.05. The molecular formula is C52H34N2O. The minimum Gasteiger partial charge on any atom is -0.456 e. The predicted octanol–water partition coefficient (Wildman–Crippen LogP) is 14.6. The second kappa shape index (κ2) is 12.6. The Labute approximate surface area is 318 Å². The van der Waals surface area contributed by atoms with E-state index in [2.05, 4.69) is 204 Å². The molecule has 11 rings (SSSR count). The summed E-state index contributed by atoms with van der Waals surface area (Å²) in [7, 11) is 0. The number of para-hydroxylation sites is 5. The van der Waals surface area contributed by atoms with Gasteiger partial charge in [0, 0.05) is 44.0 Å². The van der Waals surface area contributed by atoms with Crippen molar-refractivity contribution in [3.05, 3.63) is 206 Å². The molecule has 55 heavy (non-hydrogen) atoms. The van der Waals surface area contributed by atoms with Gasteiger partial charge in [-0.15, -0.1) is 0 Å². The number of hydrogen-bond donors (Lipinski definition) is 0. The molecule has 258 valence electrons. The monoisotopic (exact) mass is 702 g/mol. The number of nitrogens with zero attached hydrogens (tertiary/aromatic N) is 2. The molecule has 0 saturated carbocycles. The van der Waals surface area contributed by atoms with Crippen LogP contribution >= 0.6 is 0 Å². The van der Waals surface area contributed by atoms with Gasteiger partial charge >= 0.3 is 0 Å². The zero-order chi connectivity index (χ0) is 36.3. The summed E-state index contributed by atoms with van der Waals surface area (Å²) in [6.07, 6.45) is 0. The van der Waals surface area contributed by atoms with Gasteiger partial charge in [-0.25, -0.2) is 0 Å². The second-order valence-electron chi connectivity index (χ2n) is 14.1. The van der Waals surface area contributed by atoms with Gasteiger partial charge in [0.15, 0.2) is 0 Å². The number of aromatic nitrogens is 1. The van der Waals surface area contributed by atoms with Crippen LogP contribution in [0.3, 0.4) is 0 Å². The van der Waals surface area contributed by atoms with Crippen LogP contribution in [0, 0.1) is 0 Å². The fourth-order valence-corrected chi connectivity index (χ4v) is 8.52. The molecule has 0 aliphatic rings. The average Bonchev–Trinajstić information content (AvgIpc) is 3.80. The van der Waals surface area contributed by atoms with Crippen molar-refractivity contribution in [2.75, 3.05) is 4.90 Å². The maximum Gasteiger partial charge on any atom is 0.136 e. The molecular weight excluding hydrogens is 669 g/mol. The van der Waals surface area contributed by atoms with E-state index in [1.807, 2.05) is 12.1 Å². The molecule has 0 saturated heterocycles. The predicted molar refractivity (Wildman–Crippen MR) is 231 cm³/mol. The molecule has 2 aromatic heterocycles. The molecule has 0 amide bonds. The second-order valence-corrected chi connectivity index (χ2v) is 14.1. The van der Waals surface area contributed by atoms with Gasteiger partial charge in [0.25, 0.3) is 0 Å². The van der Waals surface area contributed by atoms with Gasteiger partial charge in [-0.1, -0.05) is 146 Å². The van der Waals surface area contributed by atoms with E-state index in [4.69, 9.17) is 4.42 Å². The Morgan fingerprint density at radius 3 is 1.76 bits per heavy atom. The van der Waals surface area contributed by atoms with Crippen molar-refractivity contribution in [1.29, 1.82) is 0 Å². The smallest absolute Gasteiger partial charge is 0.136 e. The number of hydrogen-bond acceptors (Lipinski definition) is 2. The Hall–Kier alpha value is -7.36. The highest BCUT2D eigenvalue weighted by Gasteiger charge is 2.21. The molecule has 3 nitrogen and oxygen atoms in total. The number of fused-ring (bicyclic) bond motifs is 7. The minimum atomic E-state index is 0.886. The molecule has 0 spiro atoms. The number of anilines is 3. The lowest BCUT2D eigenvalue weighted by Crippen LogP contribution is -2.11. The van der Waals surface area contributed by atoms with E-state index in [-0.39, 0.29) is 0 Å². The summed E-state index contributed by atoms with van der Waals surface area (Å²) in [6, 6.07) is 74.0. The van der Waals surface area contributed by atoms with Crippen molar-refractivity contribution in [3.8, 4) is 27.9 Å². The van der Waals surface area contributed by atoms with Gasteiger partial charge in [-0.3, -0.25) is 0 Å². The standard InChI is InChI=1S/C52H34N2O/c1-2-15-37-34-39(33-28-35(37)14-1)53(47-23-9-6-19-43(47)44-21-13-27-51-52(44)45-20-7-12-26-50(45)55-51)38-31-29-36(30-32-38)40-16-3-8-22-46(40)54-48-24-10-4-17-41(48)42-18-5-11-25-49(42)54/h1-34H. The fourth-order valence-electron chi connectivity index (χ4n) is 8.52. The van der Waals surface area contributed by atoms with Gasteiger partial charge in [0.05, 0.1) is 22.4 Å². The molecule has 0 atom stereocenters. The maximum absolute atomic E-state index is 6.36. The van der Waals surface area contributed by atoms with Crippen LogP contribution in [0.2, 0.25) is 0 Å². The summed E-state index contributed by atoms with van der Waals surface area (Å²) in [5.74, 6) is 0. The van der Waals surface area contributed by atoms with E-state index in [9.17, 15) is 0 Å². The average molecular weight is 703 g/mol. The summed E-state index contributed by atoms with van der Waals surface area (Å²) in [5.41, 5.74) is 13.2. The molecule has 3 heteroatoms. The van der Waals surface area contributed by atoms with Crippen LogP contribution in [0.1, 0.15) is 0 Å². The van der Waals surface area contributed by atoms with Gasteiger partial charge < -0.3 is 13.9 Å². The summed E-state index contributed by atoms with van der Waals surface area (Å²) in [5, 5.41) is 7.17. The lowest BCUT2D eigenvalue weighted by molar-refractivity contribution is 0.669. The molecule has 0 aliphatic heterocycles. The number of benzene rings is 9. The van der Waals surface area contributed by atoms with E-state index in [0.717, 1.165) is 61.4 Å². The van der Waals surface area contributed by atoms with Gasteiger partial charge in [0.1, 0.15) is 11.2 Å².